The summed E-state index contributed by atoms with van der Waals surface area (Å²) in [7, 11) is -1.80. The number of sulfone groups is 1. The Hall–Kier alpha value is -1.32. The Labute approximate surface area is 153 Å². The second kappa shape index (κ2) is 7.06. The fourth-order valence-corrected chi connectivity index (χ4v) is 3.09. The van der Waals surface area contributed by atoms with E-state index < -0.39 is 15.7 Å². The zero-order valence-corrected chi connectivity index (χ0v) is 16.0. The number of methoxy groups -OCH3 is 1. The van der Waals surface area contributed by atoms with Gasteiger partial charge in [-0.1, -0.05) is 11.6 Å². The Bertz CT molecular complexity index is 851. The molecule has 0 aromatic heterocycles. The number of nitrogens with one attached hydrogen (secondary N) is 1. The molecule has 2 aromatic carbocycles. The minimum absolute atomic E-state index is 0.186. The van der Waals surface area contributed by atoms with Gasteiger partial charge in [0, 0.05) is 15.5 Å². The van der Waals surface area contributed by atoms with Crippen molar-refractivity contribution in [1.29, 1.82) is 0 Å². The van der Waals surface area contributed by atoms with Crippen molar-refractivity contribution in [2.75, 3.05) is 18.7 Å². The van der Waals surface area contributed by atoms with Crippen LogP contribution in [-0.4, -0.2) is 27.7 Å². The molecule has 0 aliphatic heterocycles. The van der Waals surface area contributed by atoms with E-state index in [2.05, 4.69) is 5.32 Å². The SMILES string of the molecule is COc1cc(I)c(Cl)cc1C(=O)Nc1ccc(S(C)(=O)=O)cc1. The molecule has 0 aliphatic carbocycles. The maximum atomic E-state index is 12.4. The van der Waals surface area contributed by atoms with E-state index in [1.165, 1.54) is 37.4 Å². The molecule has 0 heterocycles. The van der Waals surface area contributed by atoms with Crippen LogP contribution in [0.4, 0.5) is 5.69 Å². The number of carbonyl (C=O) groups is 1. The minimum atomic E-state index is -3.27. The molecule has 0 unspecified atom stereocenters. The van der Waals surface area contributed by atoms with Gasteiger partial charge in [0.2, 0.25) is 0 Å². The van der Waals surface area contributed by atoms with Gasteiger partial charge in [-0.25, -0.2) is 8.42 Å². The standard InChI is InChI=1S/C15H13ClINO4S/c1-22-14-8-13(17)12(16)7-11(14)15(19)18-9-3-5-10(6-4-9)23(2,20)21/h3-8H,1-2H3,(H,18,19). The third kappa shape index (κ3) is 4.36. The molecule has 0 spiro atoms. The molecule has 0 fully saturated rings. The zero-order valence-electron chi connectivity index (χ0n) is 12.3. The zero-order chi connectivity index (χ0) is 17.2. The molecular weight excluding hydrogens is 453 g/mol. The van der Waals surface area contributed by atoms with Crippen LogP contribution in [0.1, 0.15) is 10.4 Å². The van der Waals surface area contributed by atoms with Crippen molar-refractivity contribution < 1.29 is 17.9 Å². The Morgan fingerprint density at radius 2 is 1.83 bits per heavy atom. The Morgan fingerprint density at radius 1 is 1.22 bits per heavy atom. The van der Waals surface area contributed by atoms with E-state index in [1.807, 2.05) is 22.6 Å². The maximum absolute atomic E-state index is 12.4. The lowest BCUT2D eigenvalue weighted by atomic mass is 10.2. The molecular formula is C15H13ClINO4S. The summed E-state index contributed by atoms with van der Waals surface area (Å²) < 4.78 is 28.8. The van der Waals surface area contributed by atoms with Crippen molar-refractivity contribution in [2.24, 2.45) is 0 Å². The predicted octanol–water partition coefficient (Wildman–Crippen LogP) is 3.61. The van der Waals surface area contributed by atoms with Crippen molar-refractivity contribution in [1.82, 2.24) is 0 Å². The van der Waals surface area contributed by atoms with Crippen LogP contribution >= 0.6 is 34.2 Å². The first-order valence-corrected chi connectivity index (χ1v) is 9.71. The Balaban J connectivity index is 2.27. The van der Waals surface area contributed by atoms with Crippen molar-refractivity contribution in [3.05, 3.63) is 50.6 Å². The average molecular weight is 466 g/mol. The highest BCUT2D eigenvalue weighted by Gasteiger charge is 2.16. The van der Waals surface area contributed by atoms with Gasteiger partial charge in [-0.2, -0.15) is 0 Å². The molecule has 1 amide bonds. The number of hydrogen-bond donors (Lipinski definition) is 1. The summed E-state index contributed by atoms with van der Waals surface area (Å²) in [5.41, 5.74) is 0.768. The Morgan fingerprint density at radius 3 is 2.35 bits per heavy atom. The number of amides is 1. The molecule has 0 saturated carbocycles. The fraction of sp³-hybridized carbons (Fsp3) is 0.133. The summed E-state index contributed by atoms with van der Waals surface area (Å²) in [5.74, 6) is 0.0105. The summed E-state index contributed by atoms with van der Waals surface area (Å²) in [5, 5.41) is 3.13. The van der Waals surface area contributed by atoms with E-state index in [4.69, 9.17) is 16.3 Å². The van der Waals surface area contributed by atoms with Crippen LogP contribution in [0, 0.1) is 3.57 Å². The molecule has 0 atom stereocenters. The molecule has 2 rings (SSSR count). The van der Waals surface area contributed by atoms with Gasteiger partial charge in [-0.15, -0.1) is 0 Å². The third-order valence-electron chi connectivity index (χ3n) is 3.03. The lowest BCUT2D eigenvalue weighted by molar-refractivity contribution is 0.102. The predicted molar refractivity (Wildman–Crippen MR) is 98.2 cm³/mol. The lowest BCUT2D eigenvalue weighted by Crippen LogP contribution is -2.13. The van der Waals surface area contributed by atoms with Crippen LogP contribution in [0.25, 0.3) is 0 Å². The molecule has 0 radical (unpaired) electrons. The second-order valence-corrected chi connectivity index (χ2v) is 8.30. The van der Waals surface area contributed by atoms with Gasteiger partial charge in [0.25, 0.3) is 5.91 Å². The number of anilines is 1. The van der Waals surface area contributed by atoms with Gasteiger partial charge in [-0.05, 0) is 59.0 Å². The lowest BCUT2D eigenvalue weighted by Gasteiger charge is -2.11. The van der Waals surface area contributed by atoms with E-state index in [-0.39, 0.29) is 4.90 Å². The molecule has 122 valence electrons. The summed E-state index contributed by atoms with van der Waals surface area (Å²) in [6.45, 7) is 0. The van der Waals surface area contributed by atoms with Crippen LogP contribution in [0.15, 0.2) is 41.3 Å². The second-order valence-electron chi connectivity index (χ2n) is 4.72. The van der Waals surface area contributed by atoms with E-state index in [0.717, 1.165) is 9.83 Å². The number of ether oxygens (including phenoxy) is 1. The van der Waals surface area contributed by atoms with Crippen molar-refractivity contribution in [2.45, 2.75) is 4.90 Å². The minimum Gasteiger partial charge on any atom is -0.496 e. The first-order chi connectivity index (χ1) is 10.7. The van der Waals surface area contributed by atoms with E-state index in [1.54, 1.807) is 6.07 Å². The summed E-state index contributed by atoms with van der Waals surface area (Å²) in [6.07, 6.45) is 1.12. The van der Waals surface area contributed by atoms with Crippen molar-refractivity contribution in [3.8, 4) is 5.75 Å². The number of halogens is 2. The van der Waals surface area contributed by atoms with Gasteiger partial charge in [0.05, 0.1) is 22.6 Å². The molecule has 0 bridgehead atoms. The first-order valence-electron chi connectivity index (χ1n) is 6.37. The highest BCUT2D eigenvalue weighted by atomic mass is 127. The van der Waals surface area contributed by atoms with Gasteiger partial charge >= 0.3 is 0 Å². The maximum Gasteiger partial charge on any atom is 0.259 e. The highest BCUT2D eigenvalue weighted by molar-refractivity contribution is 14.1. The van der Waals surface area contributed by atoms with Crippen LogP contribution in [-0.2, 0) is 9.84 Å². The fourth-order valence-electron chi connectivity index (χ4n) is 1.86. The smallest absolute Gasteiger partial charge is 0.259 e. The van der Waals surface area contributed by atoms with Gasteiger partial charge in [-0.3, -0.25) is 4.79 Å². The van der Waals surface area contributed by atoms with E-state index in [9.17, 15) is 13.2 Å². The monoisotopic (exact) mass is 465 g/mol. The molecule has 8 heteroatoms. The van der Waals surface area contributed by atoms with Crippen LogP contribution in [0.3, 0.4) is 0 Å². The van der Waals surface area contributed by atoms with Crippen LogP contribution in [0.5, 0.6) is 5.75 Å². The quantitative estimate of drug-likeness (QED) is 0.700. The van der Waals surface area contributed by atoms with Crippen molar-refractivity contribution in [3.63, 3.8) is 0 Å². The normalized spacial score (nSPS) is 11.1. The average Bonchev–Trinajstić information content (AvgIpc) is 2.49. The van der Waals surface area contributed by atoms with E-state index in [0.29, 0.717) is 22.0 Å². The van der Waals surface area contributed by atoms with E-state index >= 15 is 0 Å². The van der Waals surface area contributed by atoms with Gasteiger partial charge < -0.3 is 10.1 Å². The van der Waals surface area contributed by atoms with Gasteiger partial charge in [0.15, 0.2) is 9.84 Å². The first kappa shape index (κ1) is 18.0. The molecule has 23 heavy (non-hydrogen) atoms. The van der Waals surface area contributed by atoms with Crippen LogP contribution in [0.2, 0.25) is 5.02 Å². The molecule has 1 N–H and O–H groups in total. The van der Waals surface area contributed by atoms with Crippen molar-refractivity contribution >= 4 is 55.6 Å². The molecule has 0 saturated heterocycles. The van der Waals surface area contributed by atoms with Crippen LogP contribution < -0.4 is 10.1 Å². The topological polar surface area (TPSA) is 72.5 Å². The van der Waals surface area contributed by atoms with Gasteiger partial charge in [0.1, 0.15) is 5.75 Å². The summed E-state index contributed by atoms with van der Waals surface area (Å²) in [6, 6.07) is 9.11. The molecule has 0 aliphatic rings. The summed E-state index contributed by atoms with van der Waals surface area (Å²) >= 11 is 8.10. The largest absolute Gasteiger partial charge is 0.496 e. The Kier molecular flexibility index (Phi) is 5.53. The number of benzene rings is 2. The molecule has 5 nitrogen and oxygen atoms in total. The number of hydrogen-bond acceptors (Lipinski definition) is 4. The number of carbonyl (C=O) groups excluding carboxylic acids is 1. The number of rotatable bonds is 4. The highest BCUT2D eigenvalue weighted by Crippen LogP contribution is 2.29. The molecule has 2 aromatic rings. The summed E-state index contributed by atoms with van der Waals surface area (Å²) in [4.78, 5) is 12.6. The third-order valence-corrected chi connectivity index (χ3v) is 5.68.